The van der Waals surface area contributed by atoms with Gasteiger partial charge in [-0.2, -0.15) is 10.5 Å². The maximum atomic E-state index is 9.37. The van der Waals surface area contributed by atoms with Crippen molar-refractivity contribution in [2.75, 3.05) is 0 Å². The summed E-state index contributed by atoms with van der Waals surface area (Å²) in [4.78, 5) is 8.80. The van der Waals surface area contributed by atoms with E-state index >= 15 is 0 Å². The van der Waals surface area contributed by atoms with Crippen LogP contribution in [-0.2, 0) is 0 Å². The second-order valence-corrected chi connectivity index (χ2v) is 6.50. The van der Waals surface area contributed by atoms with Crippen LogP contribution in [0.25, 0.3) is 31.9 Å². The van der Waals surface area contributed by atoms with E-state index in [2.05, 4.69) is 22.1 Å². The maximum Gasteiger partial charge on any atom is 0.124 e. The van der Waals surface area contributed by atoms with Crippen LogP contribution >= 0.6 is 11.3 Å². The van der Waals surface area contributed by atoms with E-state index in [4.69, 9.17) is 5.26 Å². The monoisotopic (exact) mass is 338 g/mol. The van der Waals surface area contributed by atoms with E-state index in [9.17, 15) is 5.26 Å². The third-order valence-corrected chi connectivity index (χ3v) is 4.89. The first kappa shape index (κ1) is 15.0. The molecule has 116 valence electrons. The van der Waals surface area contributed by atoms with Crippen LogP contribution in [0.5, 0.6) is 0 Å². The molecule has 5 heteroatoms. The molecular weight excluding hydrogens is 328 g/mol. The van der Waals surface area contributed by atoms with E-state index in [0.29, 0.717) is 11.1 Å². The minimum absolute atomic E-state index is 0.577. The van der Waals surface area contributed by atoms with Crippen molar-refractivity contribution in [3.63, 3.8) is 0 Å². The van der Waals surface area contributed by atoms with Crippen molar-refractivity contribution in [2.45, 2.75) is 0 Å². The van der Waals surface area contributed by atoms with Crippen LogP contribution in [0.2, 0.25) is 0 Å². The summed E-state index contributed by atoms with van der Waals surface area (Å²) in [5.41, 5.74) is 4.81. The minimum Gasteiger partial charge on any atom is -0.264 e. The van der Waals surface area contributed by atoms with Gasteiger partial charge >= 0.3 is 0 Å². The summed E-state index contributed by atoms with van der Waals surface area (Å²) >= 11 is 1.52. The van der Waals surface area contributed by atoms with E-state index < -0.39 is 0 Å². The van der Waals surface area contributed by atoms with Crippen molar-refractivity contribution in [2.24, 2.45) is 0 Å². The number of aromatic nitrogens is 2. The number of rotatable bonds is 2. The summed E-state index contributed by atoms with van der Waals surface area (Å²) in [6.45, 7) is 0. The normalized spacial score (nSPS) is 10.3. The van der Waals surface area contributed by atoms with Gasteiger partial charge in [-0.15, -0.1) is 11.3 Å². The Labute approximate surface area is 148 Å². The molecule has 0 N–H and O–H groups in total. The number of nitriles is 2. The van der Waals surface area contributed by atoms with Gasteiger partial charge in [-0.25, -0.2) is 4.98 Å². The predicted octanol–water partition coefficient (Wildman–Crippen LogP) is 4.77. The van der Waals surface area contributed by atoms with Crippen LogP contribution in [0.4, 0.5) is 0 Å². The number of thiazole rings is 1. The van der Waals surface area contributed by atoms with Gasteiger partial charge in [-0.1, -0.05) is 6.07 Å². The molecule has 0 fully saturated rings. The molecule has 0 saturated heterocycles. The Morgan fingerprint density at radius 2 is 1.68 bits per heavy atom. The van der Waals surface area contributed by atoms with Crippen molar-refractivity contribution in [1.82, 2.24) is 9.97 Å². The van der Waals surface area contributed by atoms with E-state index in [0.717, 1.165) is 31.9 Å². The molecule has 0 radical (unpaired) electrons. The SMILES string of the molecule is N#Cc1cc(-c2cccnc2)cc(-c2nc3ccc(C#N)cc3s2)c1. The lowest BCUT2D eigenvalue weighted by molar-refractivity contribution is 1.33. The Morgan fingerprint density at radius 3 is 2.44 bits per heavy atom. The molecule has 0 unspecified atom stereocenters. The fourth-order valence-electron chi connectivity index (χ4n) is 2.63. The Morgan fingerprint density at radius 1 is 0.840 bits per heavy atom. The molecule has 0 aliphatic carbocycles. The largest absolute Gasteiger partial charge is 0.264 e. The van der Waals surface area contributed by atoms with E-state index in [-0.39, 0.29) is 0 Å². The van der Waals surface area contributed by atoms with Gasteiger partial charge in [0.2, 0.25) is 0 Å². The summed E-state index contributed by atoms with van der Waals surface area (Å²) in [6.07, 6.45) is 3.50. The lowest BCUT2D eigenvalue weighted by Gasteiger charge is -2.04. The van der Waals surface area contributed by atoms with Gasteiger partial charge < -0.3 is 0 Å². The van der Waals surface area contributed by atoms with Crippen molar-refractivity contribution in [3.05, 3.63) is 72.1 Å². The summed E-state index contributed by atoms with van der Waals surface area (Å²) in [6, 6.07) is 19.3. The Balaban J connectivity index is 1.88. The molecule has 4 nitrogen and oxygen atoms in total. The molecule has 4 rings (SSSR count). The zero-order chi connectivity index (χ0) is 17.2. The third-order valence-electron chi connectivity index (χ3n) is 3.82. The number of hydrogen-bond donors (Lipinski definition) is 0. The molecule has 0 amide bonds. The molecule has 0 bridgehead atoms. The second kappa shape index (κ2) is 6.16. The Kier molecular flexibility index (Phi) is 3.70. The predicted molar refractivity (Wildman–Crippen MR) is 97.7 cm³/mol. The minimum atomic E-state index is 0.577. The number of nitrogens with zero attached hydrogens (tertiary/aromatic N) is 4. The van der Waals surface area contributed by atoms with Crippen LogP contribution in [-0.4, -0.2) is 9.97 Å². The van der Waals surface area contributed by atoms with Gasteiger partial charge in [-0.3, -0.25) is 4.98 Å². The lowest BCUT2D eigenvalue weighted by atomic mass is 10.0. The average Bonchev–Trinajstić information content (AvgIpc) is 3.11. The molecule has 2 aromatic heterocycles. The Hall–Kier alpha value is -3.54. The van der Waals surface area contributed by atoms with E-state index in [1.54, 1.807) is 18.5 Å². The van der Waals surface area contributed by atoms with Crippen molar-refractivity contribution < 1.29 is 0 Å². The molecule has 25 heavy (non-hydrogen) atoms. The number of pyridine rings is 1. The molecule has 0 aliphatic heterocycles. The molecular formula is C20H10N4S. The molecule has 0 atom stereocenters. The van der Waals surface area contributed by atoms with Gasteiger partial charge in [0.1, 0.15) is 5.01 Å². The number of benzene rings is 2. The second-order valence-electron chi connectivity index (χ2n) is 5.47. The molecule has 0 spiro atoms. The average molecular weight is 338 g/mol. The molecule has 4 aromatic rings. The van der Waals surface area contributed by atoms with E-state index in [1.807, 2.05) is 42.5 Å². The fraction of sp³-hybridized carbons (Fsp3) is 0. The fourth-order valence-corrected chi connectivity index (χ4v) is 3.63. The summed E-state index contributed by atoms with van der Waals surface area (Å²) in [7, 11) is 0. The van der Waals surface area contributed by atoms with Gasteiger partial charge in [0.15, 0.2) is 0 Å². The summed E-state index contributed by atoms with van der Waals surface area (Å²) < 4.78 is 0.958. The first-order valence-electron chi connectivity index (χ1n) is 7.53. The van der Waals surface area contributed by atoms with Crippen LogP contribution in [0, 0.1) is 22.7 Å². The topological polar surface area (TPSA) is 73.4 Å². The van der Waals surface area contributed by atoms with E-state index in [1.165, 1.54) is 11.3 Å². The molecule has 2 heterocycles. The molecule has 0 aliphatic rings. The highest BCUT2D eigenvalue weighted by Crippen LogP contribution is 2.33. The smallest absolute Gasteiger partial charge is 0.124 e. The van der Waals surface area contributed by atoms with Crippen LogP contribution < -0.4 is 0 Å². The number of fused-ring (bicyclic) bond motifs is 1. The highest BCUT2D eigenvalue weighted by atomic mass is 32.1. The summed E-state index contributed by atoms with van der Waals surface area (Å²) in [5.74, 6) is 0. The highest BCUT2D eigenvalue weighted by molar-refractivity contribution is 7.21. The standard InChI is InChI=1S/C20H10N4S/c21-10-13-3-4-18-19(8-13)25-20(24-18)17-7-14(11-22)6-16(9-17)15-2-1-5-23-12-15/h1-9,12H. The van der Waals surface area contributed by atoms with Gasteiger partial charge in [0, 0.05) is 23.5 Å². The van der Waals surface area contributed by atoms with Crippen LogP contribution in [0.3, 0.4) is 0 Å². The van der Waals surface area contributed by atoms with Gasteiger partial charge in [0.25, 0.3) is 0 Å². The summed E-state index contributed by atoms with van der Waals surface area (Å²) in [5, 5.41) is 19.2. The zero-order valence-electron chi connectivity index (χ0n) is 13.0. The molecule has 0 saturated carbocycles. The van der Waals surface area contributed by atoms with Gasteiger partial charge in [0.05, 0.1) is 33.5 Å². The maximum absolute atomic E-state index is 9.37. The van der Waals surface area contributed by atoms with Crippen molar-refractivity contribution >= 4 is 21.6 Å². The Bertz CT molecular complexity index is 1160. The highest BCUT2D eigenvalue weighted by Gasteiger charge is 2.10. The van der Waals surface area contributed by atoms with Crippen LogP contribution in [0.15, 0.2) is 60.9 Å². The quantitative estimate of drug-likeness (QED) is 0.528. The zero-order valence-corrected chi connectivity index (χ0v) is 13.8. The molecule has 2 aromatic carbocycles. The van der Waals surface area contributed by atoms with Crippen molar-refractivity contribution in [3.8, 4) is 33.8 Å². The first-order valence-corrected chi connectivity index (χ1v) is 8.35. The first-order chi connectivity index (χ1) is 12.3. The number of hydrogen-bond acceptors (Lipinski definition) is 5. The lowest BCUT2D eigenvalue weighted by Crippen LogP contribution is -1.85. The van der Waals surface area contributed by atoms with Crippen molar-refractivity contribution in [1.29, 1.82) is 10.5 Å². The van der Waals surface area contributed by atoms with Gasteiger partial charge in [-0.05, 0) is 48.0 Å². The van der Waals surface area contributed by atoms with Crippen LogP contribution in [0.1, 0.15) is 11.1 Å². The third kappa shape index (κ3) is 2.85.